The van der Waals surface area contributed by atoms with Crippen LogP contribution < -0.4 is 14.7 Å². The van der Waals surface area contributed by atoms with E-state index in [0.29, 0.717) is 7.35 Å². The molecular formula is C25H21F2HfP. The Bertz CT molecular complexity index is 1070. The number of halogens is 2. The molecule has 0 fully saturated rings. The van der Waals surface area contributed by atoms with Crippen molar-refractivity contribution in [1.82, 2.24) is 0 Å². The third-order valence-corrected chi connectivity index (χ3v) is 14.6. The van der Waals surface area contributed by atoms with E-state index in [4.69, 9.17) is 0 Å². The Morgan fingerprint density at radius 3 is 2.21 bits per heavy atom. The molecule has 29 heavy (non-hydrogen) atoms. The minimum absolute atomic E-state index is 0. The first-order valence-electron chi connectivity index (χ1n) is 9.46. The molecule has 0 saturated heterocycles. The first-order chi connectivity index (χ1) is 13.3. The van der Waals surface area contributed by atoms with Crippen LogP contribution in [0.25, 0.3) is 12.2 Å². The number of aryl methyl sites for hydroxylation is 1. The second kappa shape index (κ2) is 9.41. The molecule has 0 aliphatic heterocycles. The first kappa shape index (κ1) is 22.0. The molecule has 0 saturated carbocycles. The third kappa shape index (κ3) is 4.27. The number of benzene rings is 3. The van der Waals surface area contributed by atoms with E-state index in [0.717, 1.165) is 8.58 Å². The predicted molar refractivity (Wildman–Crippen MR) is 115 cm³/mol. The molecule has 4 heteroatoms. The van der Waals surface area contributed by atoms with Crippen LogP contribution >= 0.6 is 8.58 Å². The zero-order chi connectivity index (χ0) is 18.2. The average Bonchev–Trinajstić information content (AvgIpc) is 3.26. The molecule has 0 spiro atoms. The van der Waals surface area contributed by atoms with Crippen molar-refractivity contribution >= 4 is 26.0 Å². The fraction of sp³-hybridized carbons (Fsp3) is 0.120. The Hall–Kier alpha value is -1.70. The fourth-order valence-electron chi connectivity index (χ4n) is 4.05. The number of rotatable bonds is 4. The van der Waals surface area contributed by atoms with Crippen molar-refractivity contribution in [3.63, 3.8) is 0 Å². The fourth-order valence-corrected chi connectivity index (χ4v) is 13.0. The number of hydrogen-bond acceptors (Lipinski definition) is 0. The van der Waals surface area contributed by atoms with Crippen LogP contribution in [0.4, 0.5) is 0 Å². The van der Waals surface area contributed by atoms with Crippen LogP contribution in [-0.4, -0.2) is 0 Å². The average molecular weight is 569 g/mol. The van der Waals surface area contributed by atoms with Gasteiger partial charge in [0.25, 0.3) is 0 Å². The summed E-state index contributed by atoms with van der Waals surface area (Å²) >= 11 is -0.992. The van der Waals surface area contributed by atoms with E-state index >= 15 is 0 Å². The van der Waals surface area contributed by atoms with Gasteiger partial charge in [-0.15, -0.1) is 0 Å². The zero-order valence-electron chi connectivity index (χ0n) is 16.1. The Morgan fingerprint density at radius 2 is 1.41 bits per heavy atom. The maximum absolute atomic E-state index is 2.50. The van der Waals surface area contributed by atoms with Gasteiger partial charge in [0.1, 0.15) is 0 Å². The van der Waals surface area contributed by atoms with Crippen molar-refractivity contribution in [2.45, 2.75) is 14.3 Å². The van der Waals surface area contributed by atoms with E-state index in [2.05, 4.69) is 97.9 Å². The molecule has 0 bridgehead atoms. The van der Waals surface area contributed by atoms with Crippen molar-refractivity contribution in [2.75, 3.05) is 0 Å². The summed E-state index contributed by atoms with van der Waals surface area (Å²) in [7, 11) is 0.795. The van der Waals surface area contributed by atoms with E-state index in [1.54, 1.807) is 16.4 Å². The predicted octanol–water partition coefficient (Wildman–Crippen LogP) is 0.253. The molecule has 144 valence electrons. The summed E-state index contributed by atoms with van der Waals surface area (Å²) in [5, 5.41) is 3.18. The van der Waals surface area contributed by atoms with Gasteiger partial charge in [-0.25, -0.2) is 0 Å². The molecule has 2 aliphatic rings. The Morgan fingerprint density at radius 1 is 0.759 bits per heavy atom. The molecule has 5 rings (SSSR count). The molecule has 0 amide bonds. The smallest absolute Gasteiger partial charge is 1.00 e. The molecule has 0 N–H and O–H groups in total. The van der Waals surface area contributed by atoms with Crippen LogP contribution in [0.3, 0.4) is 0 Å². The molecule has 3 aromatic carbocycles. The van der Waals surface area contributed by atoms with Gasteiger partial charge in [-0.2, -0.15) is 0 Å². The minimum atomic E-state index is -0.992. The van der Waals surface area contributed by atoms with Gasteiger partial charge in [-0.05, 0) is 0 Å². The van der Waals surface area contributed by atoms with Crippen LogP contribution in [0.1, 0.15) is 35.2 Å². The SMILES string of the molecule is Cc1ccccc1PC1=Cc2ccccc2[CH]1[Hf+2][CH]1C=Cc2ccccc21.[F-].[F-]. The van der Waals surface area contributed by atoms with Gasteiger partial charge in [-0.1, -0.05) is 0 Å². The van der Waals surface area contributed by atoms with Gasteiger partial charge in [0.2, 0.25) is 0 Å². The standard InChI is InChI=1S/C16H14P.C9H7.2FH.Hf/c1-12-6-2-5-9-16(12)17-15-10-13-7-3-4-8-14(13)11-15;1-2-5-9-7-3-6-8(9)4-1;;;/h2-11,17H,1H3;1-7H;2*1H;/q;;;;+2/p-2. The van der Waals surface area contributed by atoms with Gasteiger partial charge < -0.3 is 9.41 Å². The van der Waals surface area contributed by atoms with Crippen molar-refractivity contribution in [1.29, 1.82) is 0 Å². The molecule has 0 nitrogen and oxygen atoms in total. The van der Waals surface area contributed by atoms with E-state index in [1.165, 1.54) is 22.0 Å². The molecule has 3 unspecified atom stereocenters. The van der Waals surface area contributed by atoms with Crippen LogP contribution in [0.5, 0.6) is 0 Å². The van der Waals surface area contributed by atoms with E-state index < -0.39 is 22.9 Å². The van der Waals surface area contributed by atoms with Gasteiger partial charge >= 0.3 is 175 Å². The maximum atomic E-state index is 2.50. The van der Waals surface area contributed by atoms with Gasteiger partial charge in [0.15, 0.2) is 0 Å². The topological polar surface area (TPSA) is 0 Å². The second-order valence-electron chi connectivity index (χ2n) is 7.23. The van der Waals surface area contributed by atoms with Gasteiger partial charge in [0, 0.05) is 0 Å². The first-order valence-corrected chi connectivity index (χ1v) is 14.6. The summed E-state index contributed by atoms with van der Waals surface area (Å²) in [6.45, 7) is 2.25. The minimum Gasteiger partial charge on any atom is -1.00 e. The second-order valence-corrected chi connectivity index (χ2v) is 14.1. The van der Waals surface area contributed by atoms with E-state index in [9.17, 15) is 0 Å². The largest absolute Gasteiger partial charge is 1.00 e. The number of hydrogen-bond donors (Lipinski definition) is 0. The quantitative estimate of drug-likeness (QED) is 0.313. The van der Waals surface area contributed by atoms with Crippen LogP contribution in [0, 0.1) is 6.92 Å². The van der Waals surface area contributed by atoms with E-state index in [1.807, 2.05) is 0 Å². The number of fused-ring (bicyclic) bond motifs is 2. The van der Waals surface area contributed by atoms with Crippen molar-refractivity contribution in [2.24, 2.45) is 0 Å². The molecular weight excluding hydrogens is 548 g/mol. The molecule has 0 aromatic heterocycles. The molecule has 3 atom stereocenters. The normalized spacial score (nSPS) is 18.4. The monoisotopic (exact) mass is 570 g/mol. The van der Waals surface area contributed by atoms with Crippen molar-refractivity contribution in [3.8, 4) is 0 Å². The zero-order valence-corrected chi connectivity index (χ0v) is 20.7. The van der Waals surface area contributed by atoms with Crippen LogP contribution in [0.2, 0.25) is 0 Å². The van der Waals surface area contributed by atoms with Crippen molar-refractivity contribution in [3.05, 3.63) is 112 Å². The summed E-state index contributed by atoms with van der Waals surface area (Å²) in [4.78, 5) is 0. The molecule has 2 aliphatic carbocycles. The summed E-state index contributed by atoms with van der Waals surface area (Å²) in [6, 6.07) is 27.0. The van der Waals surface area contributed by atoms with Crippen molar-refractivity contribution < 1.29 is 32.3 Å². The summed E-state index contributed by atoms with van der Waals surface area (Å²) in [5.41, 5.74) is 7.49. The summed E-state index contributed by atoms with van der Waals surface area (Å²) in [6.07, 6.45) is 7.34. The maximum Gasteiger partial charge on any atom is -1.00 e. The summed E-state index contributed by atoms with van der Waals surface area (Å²) < 4.78 is 1.42. The van der Waals surface area contributed by atoms with E-state index in [-0.39, 0.29) is 9.41 Å². The molecule has 0 radical (unpaired) electrons. The van der Waals surface area contributed by atoms with Gasteiger partial charge in [-0.3, -0.25) is 0 Å². The molecule has 0 heterocycles. The summed E-state index contributed by atoms with van der Waals surface area (Å²) in [5.74, 6) is 0. The Labute approximate surface area is 184 Å². The third-order valence-electron chi connectivity index (χ3n) is 5.50. The Balaban J connectivity index is 0.00000120. The van der Waals surface area contributed by atoms with Crippen LogP contribution in [0.15, 0.2) is 84.2 Å². The Kier molecular flexibility index (Phi) is 7.14. The van der Waals surface area contributed by atoms with Gasteiger partial charge in [0.05, 0.1) is 0 Å². The number of allylic oxidation sites excluding steroid dienone is 2. The van der Waals surface area contributed by atoms with Crippen LogP contribution in [-0.2, 0) is 22.9 Å². The molecule has 3 aromatic rings.